The minimum absolute atomic E-state index is 0.263. The van der Waals surface area contributed by atoms with Crippen LogP contribution in [0.15, 0.2) is 83.9 Å². The number of hydrogen-bond donors (Lipinski definition) is 1. The van der Waals surface area contributed by atoms with Crippen LogP contribution in [-0.2, 0) is 6.54 Å². The molecular formula is C22H19BrN4O. The van der Waals surface area contributed by atoms with Gasteiger partial charge in [0.05, 0.1) is 12.2 Å². The van der Waals surface area contributed by atoms with Crippen LogP contribution in [0, 0.1) is 6.92 Å². The molecule has 4 aromatic rings. The van der Waals surface area contributed by atoms with E-state index in [9.17, 15) is 5.11 Å². The van der Waals surface area contributed by atoms with Crippen molar-refractivity contribution in [3.63, 3.8) is 0 Å². The summed E-state index contributed by atoms with van der Waals surface area (Å²) in [5, 5.41) is 19.6. The van der Waals surface area contributed by atoms with Crippen LogP contribution in [0.4, 0.5) is 5.69 Å². The zero-order chi connectivity index (χ0) is 19.5. The summed E-state index contributed by atoms with van der Waals surface area (Å²) < 4.78 is 2.94. The fourth-order valence-corrected chi connectivity index (χ4v) is 3.38. The minimum atomic E-state index is 0.263. The third-order valence-electron chi connectivity index (χ3n) is 4.63. The Morgan fingerprint density at radius 1 is 0.929 bits per heavy atom. The van der Waals surface area contributed by atoms with Crippen LogP contribution in [0.3, 0.4) is 0 Å². The molecule has 0 atom stereocenters. The summed E-state index contributed by atoms with van der Waals surface area (Å²) >= 11 is 3.49. The monoisotopic (exact) mass is 434 g/mol. The molecule has 1 N–H and O–H groups in total. The first-order valence-corrected chi connectivity index (χ1v) is 9.66. The first kappa shape index (κ1) is 18.3. The number of hydrogen-bond acceptors (Lipinski definition) is 4. The van der Waals surface area contributed by atoms with E-state index in [1.807, 2.05) is 28.9 Å². The number of aromatic nitrogens is 3. The van der Waals surface area contributed by atoms with E-state index in [2.05, 4.69) is 68.4 Å². The van der Waals surface area contributed by atoms with Gasteiger partial charge in [0.1, 0.15) is 18.4 Å². The summed E-state index contributed by atoms with van der Waals surface area (Å²) in [7, 11) is 0. The largest absolute Gasteiger partial charge is 0.508 e. The number of aromatic hydroxyl groups is 1. The molecule has 0 radical (unpaired) electrons. The molecule has 0 aliphatic rings. The van der Waals surface area contributed by atoms with Crippen molar-refractivity contribution >= 4 is 21.6 Å². The molecule has 0 saturated heterocycles. The van der Waals surface area contributed by atoms with E-state index < -0.39 is 0 Å². The third kappa shape index (κ3) is 3.92. The normalized spacial score (nSPS) is 10.8. The SMILES string of the molecule is Cc1ccc(N(Cc2ccc(Br)cc2)n2cnnc2)cc1-c1ccc(O)cc1. The summed E-state index contributed by atoms with van der Waals surface area (Å²) in [6.45, 7) is 2.76. The second-order valence-electron chi connectivity index (χ2n) is 6.57. The smallest absolute Gasteiger partial charge is 0.139 e. The Hall–Kier alpha value is -3.12. The average molecular weight is 435 g/mol. The number of benzene rings is 3. The van der Waals surface area contributed by atoms with Crippen LogP contribution in [0.1, 0.15) is 11.1 Å². The summed E-state index contributed by atoms with van der Waals surface area (Å²) in [6, 6.07) is 21.9. The van der Waals surface area contributed by atoms with Gasteiger partial charge >= 0.3 is 0 Å². The second kappa shape index (κ2) is 7.86. The number of phenolic OH excluding ortho intramolecular Hbond substituents is 1. The predicted molar refractivity (Wildman–Crippen MR) is 114 cm³/mol. The van der Waals surface area contributed by atoms with Crippen molar-refractivity contribution in [3.05, 3.63) is 95.0 Å². The Labute approximate surface area is 172 Å². The molecular weight excluding hydrogens is 416 g/mol. The molecule has 0 aliphatic heterocycles. The molecule has 0 saturated carbocycles. The minimum Gasteiger partial charge on any atom is -0.508 e. The van der Waals surface area contributed by atoms with Crippen molar-refractivity contribution in [2.45, 2.75) is 13.5 Å². The molecule has 0 amide bonds. The number of nitrogens with zero attached hydrogens (tertiary/aromatic N) is 4. The average Bonchev–Trinajstić information content (AvgIpc) is 3.23. The molecule has 4 rings (SSSR count). The van der Waals surface area contributed by atoms with Crippen molar-refractivity contribution in [3.8, 4) is 16.9 Å². The number of aryl methyl sites for hydroxylation is 1. The summed E-state index contributed by atoms with van der Waals surface area (Å²) in [6.07, 6.45) is 3.39. The van der Waals surface area contributed by atoms with Crippen LogP contribution < -0.4 is 5.01 Å². The molecule has 0 fully saturated rings. The van der Waals surface area contributed by atoms with E-state index in [4.69, 9.17) is 0 Å². The maximum atomic E-state index is 9.60. The van der Waals surface area contributed by atoms with Gasteiger partial charge in [-0.05, 0) is 65.6 Å². The van der Waals surface area contributed by atoms with Gasteiger partial charge in [0, 0.05) is 4.47 Å². The van der Waals surface area contributed by atoms with Gasteiger partial charge in [0.25, 0.3) is 0 Å². The number of rotatable bonds is 5. The maximum Gasteiger partial charge on any atom is 0.139 e. The lowest BCUT2D eigenvalue weighted by Crippen LogP contribution is -2.27. The molecule has 0 aliphatic carbocycles. The van der Waals surface area contributed by atoms with Crippen molar-refractivity contribution in [2.75, 3.05) is 5.01 Å². The van der Waals surface area contributed by atoms with E-state index in [-0.39, 0.29) is 5.75 Å². The zero-order valence-electron chi connectivity index (χ0n) is 15.3. The molecule has 6 heteroatoms. The standard InChI is InChI=1S/C22H19BrN4O/c1-16-2-9-20(12-22(16)18-5-10-21(28)11-6-18)27(26-14-24-25-15-26)13-17-3-7-19(23)8-4-17/h2-12,14-15,28H,13H2,1H3. The van der Waals surface area contributed by atoms with Crippen LogP contribution in [0.5, 0.6) is 5.75 Å². The Balaban J connectivity index is 1.75. The molecule has 0 bridgehead atoms. The molecule has 140 valence electrons. The third-order valence-corrected chi connectivity index (χ3v) is 5.16. The van der Waals surface area contributed by atoms with Crippen LogP contribution >= 0.6 is 15.9 Å². The van der Waals surface area contributed by atoms with Gasteiger partial charge in [-0.1, -0.05) is 46.3 Å². The van der Waals surface area contributed by atoms with Crippen LogP contribution in [-0.4, -0.2) is 20.0 Å². The lowest BCUT2D eigenvalue weighted by molar-refractivity contribution is 0.475. The van der Waals surface area contributed by atoms with Gasteiger partial charge in [0.15, 0.2) is 0 Å². The highest BCUT2D eigenvalue weighted by Crippen LogP contribution is 2.30. The topological polar surface area (TPSA) is 54.2 Å². The lowest BCUT2D eigenvalue weighted by Gasteiger charge is -2.26. The number of phenols is 1. The molecule has 1 heterocycles. The van der Waals surface area contributed by atoms with Crippen molar-refractivity contribution in [2.24, 2.45) is 0 Å². The predicted octanol–water partition coefficient (Wildman–Crippen LogP) is 5.19. The summed E-state index contributed by atoms with van der Waals surface area (Å²) in [4.78, 5) is 0. The van der Waals surface area contributed by atoms with E-state index in [0.717, 1.165) is 21.3 Å². The Morgan fingerprint density at radius 3 is 2.29 bits per heavy atom. The van der Waals surface area contributed by atoms with E-state index in [0.29, 0.717) is 6.54 Å². The van der Waals surface area contributed by atoms with E-state index in [1.54, 1.807) is 24.8 Å². The molecule has 5 nitrogen and oxygen atoms in total. The van der Waals surface area contributed by atoms with E-state index in [1.165, 1.54) is 11.1 Å². The van der Waals surface area contributed by atoms with Gasteiger partial charge in [-0.15, -0.1) is 10.2 Å². The van der Waals surface area contributed by atoms with Gasteiger partial charge in [-0.3, -0.25) is 5.01 Å². The van der Waals surface area contributed by atoms with Crippen LogP contribution in [0.25, 0.3) is 11.1 Å². The molecule has 28 heavy (non-hydrogen) atoms. The molecule has 1 aromatic heterocycles. The Bertz CT molecular complexity index is 1060. The molecule has 0 unspecified atom stereocenters. The Kier molecular flexibility index (Phi) is 5.12. The first-order valence-electron chi connectivity index (χ1n) is 8.87. The van der Waals surface area contributed by atoms with Gasteiger partial charge in [-0.25, -0.2) is 4.68 Å². The first-order chi connectivity index (χ1) is 13.6. The van der Waals surface area contributed by atoms with Crippen molar-refractivity contribution < 1.29 is 5.11 Å². The summed E-state index contributed by atoms with van der Waals surface area (Å²) in [5.74, 6) is 0.263. The molecule has 0 spiro atoms. The quantitative estimate of drug-likeness (QED) is 0.469. The van der Waals surface area contributed by atoms with E-state index >= 15 is 0 Å². The fourth-order valence-electron chi connectivity index (χ4n) is 3.11. The lowest BCUT2D eigenvalue weighted by atomic mass is 9.99. The zero-order valence-corrected chi connectivity index (χ0v) is 16.9. The highest BCUT2D eigenvalue weighted by Gasteiger charge is 2.13. The van der Waals surface area contributed by atoms with Gasteiger partial charge in [0.2, 0.25) is 0 Å². The summed E-state index contributed by atoms with van der Waals surface area (Å²) in [5.41, 5.74) is 5.54. The number of halogens is 1. The maximum absolute atomic E-state index is 9.60. The van der Waals surface area contributed by atoms with Crippen molar-refractivity contribution in [1.29, 1.82) is 0 Å². The highest BCUT2D eigenvalue weighted by molar-refractivity contribution is 9.10. The highest BCUT2D eigenvalue weighted by atomic mass is 79.9. The molecule has 3 aromatic carbocycles. The van der Waals surface area contributed by atoms with Crippen LogP contribution in [0.2, 0.25) is 0 Å². The Morgan fingerprint density at radius 2 is 1.61 bits per heavy atom. The second-order valence-corrected chi connectivity index (χ2v) is 7.49. The van der Waals surface area contributed by atoms with Gasteiger partial charge < -0.3 is 5.11 Å². The van der Waals surface area contributed by atoms with Gasteiger partial charge in [-0.2, -0.15) is 0 Å². The fraction of sp³-hybridized carbons (Fsp3) is 0.0909. The number of anilines is 1. The van der Waals surface area contributed by atoms with Crippen molar-refractivity contribution in [1.82, 2.24) is 14.9 Å².